The third-order valence-corrected chi connectivity index (χ3v) is 13.2. The van der Waals surface area contributed by atoms with Crippen molar-refractivity contribution in [3.8, 4) is 33.8 Å². The number of pyridine rings is 3. The third-order valence-electron chi connectivity index (χ3n) is 11.1. The molecular formula is C46H45N3OSi+2. The summed E-state index contributed by atoms with van der Waals surface area (Å²) in [4.78, 5) is 4.98. The summed E-state index contributed by atoms with van der Waals surface area (Å²) in [6.07, 6.45) is 7.76. The van der Waals surface area contributed by atoms with Crippen molar-refractivity contribution >= 4 is 41.0 Å². The van der Waals surface area contributed by atoms with E-state index in [9.17, 15) is 0 Å². The van der Waals surface area contributed by atoms with Crippen LogP contribution >= 0.6 is 0 Å². The predicted molar refractivity (Wildman–Crippen MR) is 212 cm³/mol. The molecule has 252 valence electrons. The lowest BCUT2D eigenvalue weighted by Crippen LogP contribution is -2.57. The summed E-state index contributed by atoms with van der Waals surface area (Å²) in [6, 6.07) is 37.5. The summed E-state index contributed by atoms with van der Waals surface area (Å²) in [5.74, 6) is 0.847. The van der Waals surface area contributed by atoms with Crippen molar-refractivity contribution in [2.45, 2.75) is 64.7 Å². The van der Waals surface area contributed by atoms with Crippen LogP contribution < -0.4 is 14.3 Å². The summed E-state index contributed by atoms with van der Waals surface area (Å²) in [7, 11) is -1.67. The van der Waals surface area contributed by atoms with Gasteiger partial charge in [-0.1, -0.05) is 82.0 Å². The summed E-state index contributed by atoms with van der Waals surface area (Å²) >= 11 is 0. The maximum Gasteiger partial charge on any atom is 0.249 e. The van der Waals surface area contributed by atoms with Crippen LogP contribution in [0.3, 0.4) is 0 Å². The van der Waals surface area contributed by atoms with Crippen LogP contribution in [0.15, 0.2) is 127 Å². The first-order valence-electron chi connectivity index (χ1n) is 18.5. The standard InChI is InChI=1S/C46H45N3OSi/c1-29(2)24-33-25-42-35-17-11-10-16-34(35)36-20-19-32-26-43-39(37-21-22-40(47-46(37)50-43)31-14-8-7-9-15-31)27-38(32)41-18-12-13-23-48(41)30(3)45(36)49(42)28-44(33)51(4,5)6/h7-18,21-23,25-29,36,45H,3,19-20,24H2,1-2,4-6H3/q+2. The zero-order valence-electron chi connectivity index (χ0n) is 30.3. The lowest BCUT2D eigenvalue weighted by Gasteiger charge is -2.31. The molecule has 2 atom stereocenters. The van der Waals surface area contributed by atoms with Crippen LogP contribution in [0.1, 0.15) is 48.9 Å². The van der Waals surface area contributed by atoms with E-state index in [0.717, 1.165) is 58.3 Å². The highest BCUT2D eigenvalue weighted by atomic mass is 28.3. The smallest absolute Gasteiger partial charge is 0.249 e. The molecule has 9 rings (SSSR count). The Bertz CT molecular complexity index is 2510. The fraction of sp³-hybridized carbons (Fsp3) is 0.239. The van der Waals surface area contributed by atoms with Crippen molar-refractivity contribution in [3.05, 3.63) is 139 Å². The third kappa shape index (κ3) is 5.29. The first-order valence-corrected chi connectivity index (χ1v) is 22.0. The number of hydrogen-bond acceptors (Lipinski definition) is 2. The van der Waals surface area contributed by atoms with E-state index in [1.807, 2.05) is 18.2 Å². The summed E-state index contributed by atoms with van der Waals surface area (Å²) in [5, 5.41) is 3.69. The molecule has 4 aromatic heterocycles. The van der Waals surface area contributed by atoms with E-state index in [4.69, 9.17) is 16.0 Å². The molecule has 2 unspecified atom stereocenters. The molecule has 51 heavy (non-hydrogen) atoms. The first-order chi connectivity index (χ1) is 24.7. The number of rotatable bonds is 4. The second-order valence-electron chi connectivity index (χ2n) is 16.0. The zero-order chi connectivity index (χ0) is 35.0. The molecule has 0 fully saturated rings. The summed E-state index contributed by atoms with van der Waals surface area (Å²) in [6.45, 7) is 17.1. The Labute approximate surface area is 301 Å². The molecule has 2 aliphatic heterocycles. The average molecular weight is 684 g/mol. The summed E-state index contributed by atoms with van der Waals surface area (Å²) in [5.41, 5.74) is 14.0. The molecule has 6 heterocycles. The molecule has 3 aromatic carbocycles. The van der Waals surface area contributed by atoms with E-state index in [-0.39, 0.29) is 12.0 Å². The van der Waals surface area contributed by atoms with Gasteiger partial charge in [-0.25, -0.2) is 4.98 Å². The SMILES string of the molecule is C=C1C2C(CCc3cc4oc5nc(-c6ccccc6)ccc5c4cc3-c3cccc[n+]31)c1ccccc1-c1cc(CC(C)C)c([Si](C)(C)C)c[n+]12. The van der Waals surface area contributed by atoms with Gasteiger partial charge >= 0.3 is 0 Å². The largest absolute Gasteiger partial charge is 0.438 e. The second-order valence-corrected chi connectivity index (χ2v) is 21.0. The molecule has 0 spiro atoms. The molecule has 5 heteroatoms. The second kappa shape index (κ2) is 12.0. The van der Waals surface area contributed by atoms with Crippen molar-refractivity contribution in [2.24, 2.45) is 5.92 Å². The Balaban J connectivity index is 1.25. The van der Waals surface area contributed by atoms with Gasteiger partial charge in [0.25, 0.3) is 0 Å². The molecule has 0 aliphatic carbocycles. The average Bonchev–Trinajstić information content (AvgIpc) is 3.50. The van der Waals surface area contributed by atoms with E-state index >= 15 is 0 Å². The van der Waals surface area contributed by atoms with Crippen LogP contribution in [0.2, 0.25) is 19.6 Å². The number of hydrogen-bond donors (Lipinski definition) is 0. The van der Waals surface area contributed by atoms with Crippen molar-refractivity contribution in [2.75, 3.05) is 0 Å². The normalized spacial score (nSPS) is 16.9. The Hall–Kier alpha value is -5.13. The quantitative estimate of drug-likeness (QED) is 0.137. The minimum absolute atomic E-state index is 0.0722. The molecule has 7 aromatic rings. The molecule has 0 radical (unpaired) electrons. The van der Waals surface area contributed by atoms with Crippen LogP contribution in [0.5, 0.6) is 0 Å². The summed E-state index contributed by atoms with van der Waals surface area (Å²) < 4.78 is 11.5. The van der Waals surface area contributed by atoms with E-state index < -0.39 is 8.07 Å². The van der Waals surface area contributed by atoms with E-state index in [1.165, 1.54) is 33.5 Å². The van der Waals surface area contributed by atoms with Gasteiger partial charge in [-0.2, -0.15) is 9.13 Å². The maximum absolute atomic E-state index is 6.55. The Kier molecular flexibility index (Phi) is 7.48. The van der Waals surface area contributed by atoms with Crippen LogP contribution in [0.4, 0.5) is 0 Å². The van der Waals surface area contributed by atoms with Gasteiger partial charge in [0.2, 0.25) is 28.8 Å². The van der Waals surface area contributed by atoms with Crippen LogP contribution in [-0.4, -0.2) is 13.1 Å². The van der Waals surface area contributed by atoms with Crippen molar-refractivity contribution in [1.82, 2.24) is 4.98 Å². The van der Waals surface area contributed by atoms with Crippen LogP contribution in [0, 0.1) is 5.92 Å². The molecule has 0 N–H and O–H groups in total. The Morgan fingerprint density at radius 3 is 2.43 bits per heavy atom. The fourth-order valence-corrected chi connectivity index (χ4v) is 10.5. The Morgan fingerprint density at radius 1 is 0.843 bits per heavy atom. The van der Waals surface area contributed by atoms with E-state index in [0.29, 0.717) is 11.6 Å². The first kappa shape index (κ1) is 31.8. The number of furan rings is 1. The number of aryl methyl sites for hydroxylation is 1. The lowest BCUT2D eigenvalue weighted by atomic mass is 9.78. The molecule has 2 aliphatic rings. The van der Waals surface area contributed by atoms with E-state index in [1.54, 1.807) is 5.19 Å². The van der Waals surface area contributed by atoms with Crippen LogP contribution in [0.25, 0.3) is 61.5 Å². The number of nitrogens with zero attached hydrogens (tertiary/aromatic N) is 3. The molecular weight excluding hydrogens is 639 g/mol. The monoisotopic (exact) mass is 683 g/mol. The number of benzene rings is 3. The van der Waals surface area contributed by atoms with Gasteiger partial charge in [0.05, 0.1) is 25.2 Å². The molecule has 0 amide bonds. The fourth-order valence-electron chi connectivity index (χ4n) is 8.79. The maximum atomic E-state index is 6.55. The van der Waals surface area contributed by atoms with Gasteiger partial charge in [0.15, 0.2) is 12.4 Å². The van der Waals surface area contributed by atoms with Gasteiger partial charge < -0.3 is 4.42 Å². The predicted octanol–water partition coefficient (Wildman–Crippen LogP) is 10.1. The molecule has 0 saturated heterocycles. The zero-order valence-corrected chi connectivity index (χ0v) is 31.3. The van der Waals surface area contributed by atoms with Crippen LogP contribution in [-0.2, 0) is 12.8 Å². The van der Waals surface area contributed by atoms with Gasteiger partial charge in [-0.3, -0.25) is 0 Å². The van der Waals surface area contributed by atoms with E-state index in [2.05, 4.69) is 140 Å². The van der Waals surface area contributed by atoms with Gasteiger partial charge in [-0.15, -0.1) is 0 Å². The molecule has 0 saturated carbocycles. The minimum atomic E-state index is -1.67. The van der Waals surface area contributed by atoms with Gasteiger partial charge in [0.1, 0.15) is 5.58 Å². The highest BCUT2D eigenvalue weighted by Crippen LogP contribution is 2.46. The number of fused-ring (bicyclic) bond motifs is 12. The lowest BCUT2D eigenvalue weighted by molar-refractivity contribution is -0.726. The highest BCUT2D eigenvalue weighted by Gasteiger charge is 2.47. The van der Waals surface area contributed by atoms with Crippen molar-refractivity contribution < 1.29 is 13.6 Å². The topological polar surface area (TPSA) is 33.8 Å². The van der Waals surface area contributed by atoms with Crippen molar-refractivity contribution in [3.63, 3.8) is 0 Å². The van der Waals surface area contributed by atoms with Gasteiger partial charge in [-0.05, 0) is 84.8 Å². The Morgan fingerprint density at radius 2 is 1.63 bits per heavy atom. The minimum Gasteiger partial charge on any atom is -0.438 e. The highest BCUT2D eigenvalue weighted by molar-refractivity contribution is 6.89. The molecule has 0 bridgehead atoms. The molecule has 4 nitrogen and oxygen atoms in total. The number of aromatic nitrogens is 3. The number of allylic oxidation sites excluding steroid dienone is 1. The van der Waals surface area contributed by atoms with Crippen molar-refractivity contribution in [1.29, 1.82) is 0 Å². The van der Waals surface area contributed by atoms with Gasteiger partial charge in [0, 0.05) is 45.3 Å².